The Balaban J connectivity index is 1.65. The summed E-state index contributed by atoms with van der Waals surface area (Å²) in [5, 5.41) is 10.5. The summed E-state index contributed by atoms with van der Waals surface area (Å²) in [7, 11) is 0. The first-order valence-electron chi connectivity index (χ1n) is 9.40. The van der Waals surface area contributed by atoms with Gasteiger partial charge in [-0.3, -0.25) is 0 Å². The van der Waals surface area contributed by atoms with E-state index in [-0.39, 0.29) is 0 Å². The molecule has 29 heavy (non-hydrogen) atoms. The highest BCUT2D eigenvalue weighted by atomic mass is 127. The van der Waals surface area contributed by atoms with Crippen molar-refractivity contribution in [3.63, 3.8) is 0 Å². The molecule has 6 heteroatoms. The first-order chi connectivity index (χ1) is 14.2. The summed E-state index contributed by atoms with van der Waals surface area (Å²) < 4.78 is 8.36. The summed E-state index contributed by atoms with van der Waals surface area (Å²) >= 11 is 6.29. The van der Waals surface area contributed by atoms with Crippen LogP contribution >= 0.6 is 56.5 Å². The summed E-state index contributed by atoms with van der Waals surface area (Å²) in [4.78, 5) is 6.07. The van der Waals surface area contributed by atoms with Gasteiger partial charge in [-0.2, -0.15) is 5.26 Å². The van der Waals surface area contributed by atoms with E-state index in [1.165, 1.54) is 16.9 Å². The molecule has 0 unspecified atom stereocenters. The molecule has 0 bridgehead atoms. The minimum Gasteiger partial charge on any atom is -0.487 e. The third-order valence-electron chi connectivity index (χ3n) is 4.85. The largest absolute Gasteiger partial charge is 0.487 e. The van der Waals surface area contributed by atoms with E-state index >= 15 is 0 Å². The van der Waals surface area contributed by atoms with Gasteiger partial charge in [-0.15, -0.1) is 11.3 Å². The zero-order valence-corrected chi connectivity index (χ0v) is 20.8. The second-order valence-electron chi connectivity index (χ2n) is 6.84. The van der Waals surface area contributed by atoms with Crippen molar-refractivity contribution in [1.29, 1.82) is 5.26 Å². The molecule has 0 saturated carbocycles. The second-order valence-corrected chi connectivity index (χ2v) is 10.3. The number of nitrogens with zero attached hydrogens (tertiary/aromatic N) is 2. The number of ether oxygens (including phenoxy) is 1. The summed E-state index contributed by atoms with van der Waals surface area (Å²) in [5.74, 6) is 0.832. The Labute approximate surface area is 202 Å². The van der Waals surface area contributed by atoms with Crippen LogP contribution in [0.25, 0.3) is 0 Å². The maximum atomic E-state index is 9.67. The second kappa shape index (κ2) is 9.58. The Morgan fingerprint density at radius 1 is 1.14 bits per heavy atom. The van der Waals surface area contributed by atoms with Gasteiger partial charge in [-0.25, -0.2) is 4.99 Å². The first-order valence-corrected chi connectivity index (χ1v) is 12.4. The molecule has 2 aromatic carbocycles. The van der Waals surface area contributed by atoms with Crippen LogP contribution in [0.1, 0.15) is 40.0 Å². The highest BCUT2D eigenvalue weighted by molar-refractivity contribution is 14.1. The minimum absolute atomic E-state index is 0.509. The minimum atomic E-state index is 0.509. The monoisotopic (exact) mass is 624 g/mol. The van der Waals surface area contributed by atoms with Gasteiger partial charge in [0.2, 0.25) is 0 Å². The number of aliphatic imine (C=N–C) groups is 1. The number of benzene rings is 2. The van der Waals surface area contributed by atoms with E-state index in [0.29, 0.717) is 6.61 Å². The van der Waals surface area contributed by atoms with E-state index in [1.54, 1.807) is 11.3 Å². The Bertz CT molecular complexity index is 1100. The number of hydrogen-bond acceptors (Lipinski definition) is 4. The molecule has 3 aromatic rings. The lowest BCUT2D eigenvalue weighted by molar-refractivity contribution is 0.303. The predicted octanol–water partition coefficient (Wildman–Crippen LogP) is 7.04. The zero-order chi connectivity index (χ0) is 20.2. The van der Waals surface area contributed by atoms with Gasteiger partial charge >= 0.3 is 0 Å². The van der Waals surface area contributed by atoms with E-state index in [4.69, 9.17) is 9.73 Å². The fourth-order valence-corrected chi connectivity index (χ4v) is 6.67. The van der Waals surface area contributed by atoms with E-state index in [0.717, 1.165) is 53.8 Å². The molecule has 1 aliphatic rings. The fraction of sp³-hybridized carbons (Fsp3) is 0.217. The van der Waals surface area contributed by atoms with Gasteiger partial charge in [0.05, 0.1) is 9.13 Å². The Morgan fingerprint density at radius 2 is 1.93 bits per heavy atom. The molecule has 0 saturated heterocycles. The van der Waals surface area contributed by atoms with Crippen LogP contribution in [0.3, 0.4) is 0 Å². The van der Waals surface area contributed by atoms with Gasteiger partial charge in [0, 0.05) is 20.2 Å². The average molecular weight is 624 g/mol. The van der Waals surface area contributed by atoms with Gasteiger partial charge in [0.15, 0.2) is 0 Å². The van der Waals surface area contributed by atoms with Gasteiger partial charge in [0.1, 0.15) is 23.4 Å². The van der Waals surface area contributed by atoms with Gasteiger partial charge < -0.3 is 4.74 Å². The molecule has 1 aromatic heterocycles. The van der Waals surface area contributed by atoms with Crippen LogP contribution in [0.5, 0.6) is 5.75 Å². The smallest absolute Gasteiger partial charge is 0.141 e. The number of thiophene rings is 1. The van der Waals surface area contributed by atoms with Crippen LogP contribution in [0.4, 0.5) is 5.00 Å². The first kappa shape index (κ1) is 20.8. The molecule has 3 nitrogen and oxygen atoms in total. The lowest BCUT2D eigenvalue weighted by atomic mass is 9.96. The van der Waals surface area contributed by atoms with Crippen molar-refractivity contribution in [1.82, 2.24) is 0 Å². The van der Waals surface area contributed by atoms with Crippen molar-refractivity contribution in [2.75, 3.05) is 0 Å². The maximum absolute atomic E-state index is 9.67. The van der Waals surface area contributed by atoms with Crippen LogP contribution in [0.15, 0.2) is 47.5 Å². The molecule has 146 valence electrons. The third-order valence-corrected chi connectivity index (χ3v) is 7.47. The van der Waals surface area contributed by atoms with Crippen molar-refractivity contribution in [3.05, 3.63) is 76.7 Å². The van der Waals surface area contributed by atoms with E-state index in [1.807, 2.05) is 24.4 Å². The quantitative estimate of drug-likeness (QED) is 0.226. The molecule has 4 rings (SSSR count). The number of rotatable bonds is 5. The van der Waals surface area contributed by atoms with Crippen LogP contribution < -0.4 is 4.74 Å². The lowest BCUT2D eigenvalue weighted by Crippen LogP contribution is -2.01. The maximum Gasteiger partial charge on any atom is 0.141 e. The molecule has 0 N–H and O–H groups in total. The number of fused-ring (bicyclic) bond motifs is 1. The van der Waals surface area contributed by atoms with E-state index in [9.17, 15) is 5.26 Å². The van der Waals surface area contributed by atoms with Crippen LogP contribution in [0.2, 0.25) is 0 Å². The molecule has 0 aliphatic heterocycles. The zero-order valence-electron chi connectivity index (χ0n) is 15.6. The standard InChI is InChI=1S/C23H18I2N2OS/c24-17-10-16(22(20(25)11-17)28-14-15-6-2-1-3-7-15)13-27-23-19(12-26)18-8-4-5-9-21(18)29-23/h1-3,6-7,10-11,13H,4-5,8-9,14H2/b27-13+. The Kier molecular flexibility index (Phi) is 6.88. The van der Waals surface area contributed by atoms with Crippen LogP contribution in [-0.4, -0.2) is 6.21 Å². The summed E-state index contributed by atoms with van der Waals surface area (Å²) in [6.45, 7) is 0.509. The van der Waals surface area contributed by atoms with Crippen LogP contribution in [-0.2, 0) is 19.4 Å². The SMILES string of the molecule is N#Cc1c(/N=C/c2cc(I)cc(I)c2OCc2ccccc2)sc2c1CCCC2. The molecule has 1 aliphatic carbocycles. The van der Waals surface area contributed by atoms with Crippen molar-refractivity contribution in [3.8, 4) is 11.8 Å². The molecule has 0 fully saturated rings. The number of hydrogen-bond donors (Lipinski definition) is 0. The van der Waals surface area contributed by atoms with Crippen molar-refractivity contribution in [2.45, 2.75) is 32.3 Å². The number of halogens is 2. The fourth-order valence-electron chi connectivity index (χ4n) is 3.44. The summed E-state index contributed by atoms with van der Waals surface area (Å²) in [5.41, 5.74) is 4.04. The van der Waals surface area contributed by atoms with Crippen LogP contribution in [0, 0.1) is 18.5 Å². The lowest BCUT2D eigenvalue weighted by Gasteiger charge is -2.12. The highest BCUT2D eigenvalue weighted by Gasteiger charge is 2.20. The molecule has 1 heterocycles. The average Bonchev–Trinajstić information content (AvgIpc) is 3.09. The molecule has 0 spiro atoms. The third kappa shape index (κ3) is 4.84. The van der Waals surface area contributed by atoms with Gasteiger partial charge in [-0.05, 0) is 94.1 Å². The molecule has 0 amide bonds. The van der Waals surface area contributed by atoms with Gasteiger partial charge in [-0.1, -0.05) is 30.3 Å². The van der Waals surface area contributed by atoms with Crippen molar-refractivity contribution >= 4 is 67.7 Å². The summed E-state index contributed by atoms with van der Waals surface area (Å²) in [6.07, 6.45) is 6.28. The highest BCUT2D eigenvalue weighted by Crippen LogP contribution is 2.39. The molecular weight excluding hydrogens is 606 g/mol. The van der Waals surface area contributed by atoms with E-state index in [2.05, 4.69) is 75.5 Å². The Morgan fingerprint density at radius 3 is 2.72 bits per heavy atom. The Hall–Kier alpha value is -1.44. The van der Waals surface area contributed by atoms with Crippen molar-refractivity contribution in [2.24, 2.45) is 4.99 Å². The molecule has 0 radical (unpaired) electrons. The topological polar surface area (TPSA) is 45.4 Å². The number of nitriles is 1. The summed E-state index contributed by atoms with van der Waals surface area (Å²) in [6, 6.07) is 16.7. The predicted molar refractivity (Wildman–Crippen MR) is 136 cm³/mol. The molecule has 0 atom stereocenters. The van der Waals surface area contributed by atoms with Crippen molar-refractivity contribution < 1.29 is 4.74 Å². The number of aryl methyl sites for hydroxylation is 1. The normalized spacial score (nSPS) is 13.3. The van der Waals surface area contributed by atoms with Gasteiger partial charge in [0.25, 0.3) is 0 Å². The molecular formula is C23H18I2N2OS. The van der Waals surface area contributed by atoms with E-state index < -0.39 is 0 Å².